The average Bonchev–Trinajstić information content (AvgIpc) is 2.38. The van der Waals surface area contributed by atoms with Crippen LogP contribution in [0.4, 0.5) is 0 Å². The van der Waals surface area contributed by atoms with Crippen molar-refractivity contribution in [2.24, 2.45) is 5.92 Å². The van der Waals surface area contributed by atoms with Crippen LogP contribution in [0.2, 0.25) is 0 Å². The largest absolute Gasteiger partial charge is 0.480 e. The monoisotopic (exact) mass is 215 g/mol. The molecule has 2 heterocycles. The van der Waals surface area contributed by atoms with Crippen molar-refractivity contribution < 1.29 is 14.7 Å². The van der Waals surface area contributed by atoms with Gasteiger partial charge in [0, 0.05) is 0 Å². The summed E-state index contributed by atoms with van der Waals surface area (Å²) in [5.41, 5.74) is 0. The number of aliphatic carboxylic acids is 1. The molecule has 2 aliphatic heterocycles. The molecule has 0 aromatic rings. The Morgan fingerprint density at radius 3 is 2.57 bits per heavy atom. The molecule has 5 heteroatoms. The SMILES string of the molecule is CC1C(=O)N2C1SC(C)(C(=O)O)C2C. The second kappa shape index (κ2) is 2.66. The molecule has 2 aliphatic rings. The van der Waals surface area contributed by atoms with Gasteiger partial charge in [0.2, 0.25) is 5.91 Å². The van der Waals surface area contributed by atoms with E-state index in [0.717, 1.165) is 0 Å². The Hall–Kier alpha value is -0.710. The van der Waals surface area contributed by atoms with Crippen LogP contribution in [-0.4, -0.2) is 38.0 Å². The lowest BCUT2D eigenvalue weighted by Crippen LogP contribution is -2.59. The van der Waals surface area contributed by atoms with Crippen LogP contribution in [0.15, 0.2) is 0 Å². The lowest BCUT2D eigenvalue weighted by atomic mass is 9.93. The number of hydrogen-bond acceptors (Lipinski definition) is 3. The third-order valence-electron chi connectivity index (χ3n) is 3.35. The van der Waals surface area contributed by atoms with Crippen molar-refractivity contribution in [3.63, 3.8) is 0 Å². The van der Waals surface area contributed by atoms with Gasteiger partial charge in [-0.15, -0.1) is 11.8 Å². The molecule has 2 rings (SSSR count). The third kappa shape index (κ3) is 0.908. The summed E-state index contributed by atoms with van der Waals surface area (Å²) in [6.07, 6.45) is 0. The maximum absolute atomic E-state index is 11.5. The molecule has 0 bridgehead atoms. The summed E-state index contributed by atoms with van der Waals surface area (Å²) in [6.45, 7) is 5.37. The van der Waals surface area contributed by atoms with Crippen molar-refractivity contribution in [1.29, 1.82) is 0 Å². The molecule has 0 aromatic heterocycles. The molecule has 0 aliphatic carbocycles. The maximum atomic E-state index is 11.5. The Bertz CT molecular complexity index is 317. The zero-order valence-electron chi connectivity index (χ0n) is 8.35. The second-order valence-electron chi connectivity index (χ2n) is 4.13. The van der Waals surface area contributed by atoms with Crippen LogP contribution in [0.25, 0.3) is 0 Å². The number of rotatable bonds is 1. The van der Waals surface area contributed by atoms with Crippen LogP contribution < -0.4 is 0 Å². The topological polar surface area (TPSA) is 57.6 Å². The van der Waals surface area contributed by atoms with E-state index in [1.807, 2.05) is 13.8 Å². The van der Waals surface area contributed by atoms with E-state index in [-0.39, 0.29) is 23.2 Å². The number of carboxylic acids is 1. The number of carbonyl (C=O) groups excluding carboxylic acids is 1. The molecule has 14 heavy (non-hydrogen) atoms. The standard InChI is InChI=1S/C9H13NO3S/c1-4-6(11)10-5(2)9(3,8(12)13)14-7(4)10/h4-5,7H,1-3H3,(H,12,13). The van der Waals surface area contributed by atoms with E-state index in [9.17, 15) is 9.59 Å². The van der Waals surface area contributed by atoms with Crippen LogP contribution in [0, 0.1) is 5.92 Å². The summed E-state index contributed by atoms with van der Waals surface area (Å²) in [7, 11) is 0. The first kappa shape index (κ1) is 9.83. The lowest BCUT2D eigenvalue weighted by molar-refractivity contribution is -0.153. The van der Waals surface area contributed by atoms with E-state index < -0.39 is 10.7 Å². The highest BCUT2D eigenvalue weighted by Crippen LogP contribution is 2.52. The number of fused-ring (bicyclic) bond motifs is 1. The fraction of sp³-hybridized carbons (Fsp3) is 0.778. The Kier molecular flexibility index (Phi) is 1.86. The molecule has 2 saturated heterocycles. The molecule has 4 nitrogen and oxygen atoms in total. The minimum absolute atomic E-state index is 0.0244. The molecule has 1 N–H and O–H groups in total. The fourth-order valence-electron chi connectivity index (χ4n) is 2.06. The molecule has 2 fully saturated rings. The summed E-state index contributed by atoms with van der Waals surface area (Å²) in [5, 5.41) is 9.19. The van der Waals surface area contributed by atoms with Gasteiger partial charge >= 0.3 is 5.97 Å². The van der Waals surface area contributed by atoms with Gasteiger partial charge in [0.25, 0.3) is 0 Å². The predicted octanol–water partition coefficient (Wildman–Crippen LogP) is 0.769. The van der Waals surface area contributed by atoms with E-state index in [1.165, 1.54) is 11.8 Å². The molecule has 1 amide bonds. The molecule has 4 atom stereocenters. The smallest absolute Gasteiger partial charge is 0.321 e. The van der Waals surface area contributed by atoms with Crippen molar-refractivity contribution in [2.45, 2.75) is 36.9 Å². The molecular weight excluding hydrogens is 202 g/mol. The number of β-lactam (4-membered cyclic amide) rings is 1. The van der Waals surface area contributed by atoms with E-state index in [0.29, 0.717) is 0 Å². The normalized spacial score (nSPS) is 46.1. The summed E-state index contributed by atoms with van der Waals surface area (Å²) in [5.74, 6) is -0.770. The lowest BCUT2D eigenvalue weighted by Gasteiger charge is -2.42. The number of hydrogen-bond donors (Lipinski definition) is 1. The van der Waals surface area contributed by atoms with E-state index in [1.54, 1.807) is 11.8 Å². The molecular formula is C9H13NO3S. The number of carboxylic acid groups (broad SMARTS) is 1. The van der Waals surface area contributed by atoms with E-state index in [4.69, 9.17) is 5.11 Å². The van der Waals surface area contributed by atoms with Gasteiger partial charge in [-0.1, -0.05) is 6.92 Å². The van der Waals surface area contributed by atoms with Gasteiger partial charge in [0.15, 0.2) is 0 Å². The van der Waals surface area contributed by atoms with Gasteiger partial charge in [-0.3, -0.25) is 9.59 Å². The first-order valence-corrected chi connectivity index (χ1v) is 5.51. The van der Waals surface area contributed by atoms with Gasteiger partial charge in [-0.05, 0) is 13.8 Å². The number of nitrogens with zero attached hydrogens (tertiary/aromatic N) is 1. The second-order valence-corrected chi connectivity index (χ2v) is 5.70. The third-order valence-corrected chi connectivity index (χ3v) is 5.23. The van der Waals surface area contributed by atoms with Gasteiger partial charge < -0.3 is 10.0 Å². The van der Waals surface area contributed by atoms with Gasteiger partial charge in [-0.2, -0.15) is 0 Å². The fourth-order valence-corrected chi connectivity index (χ4v) is 3.69. The highest BCUT2D eigenvalue weighted by atomic mass is 32.2. The van der Waals surface area contributed by atoms with E-state index in [2.05, 4.69) is 0 Å². The molecule has 0 spiro atoms. The van der Waals surface area contributed by atoms with Crippen molar-refractivity contribution in [3.8, 4) is 0 Å². The van der Waals surface area contributed by atoms with Crippen LogP contribution in [0.3, 0.4) is 0 Å². The van der Waals surface area contributed by atoms with Crippen molar-refractivity contribution in [3.05, 3.63) is 0 Å². The maximum Gasteiger partial charge on any atom is 0.321 e. The van der Waals surface area contributed by atoms with Crippen LogP contribution in [-0.2, 0) is 9.59 Å². The zero-order valence-corrected chi connectivity index (χ0v) is 9.17. The Balaban J connectivity index is 2.29. The average molecular weight is 215 g/mol. The van der Waals surface area contributed by atoms with Crippen LogP contribution >= 0.6 is 11.8 Å². The minimum Gasteiger partial charge on any atom is -0.480 e. The Morgan fingerprint density at radius 1 is 1.57 bits per heavy atom. The highest BCUT2D eigenvalue weighted by Gasteiger charge is 2.62. The van der Waals surface area contributed by atoms with Crippen molar-refractivity contribution in [1.82, 2.24) is 4.90 Å². The summed E-state index contributed by atoms with van der Waals surface area (Å²) < 4.78 is -0.842. The molecule has 0 saturated carbocycles. The van der Waals surface area contributed by atoms with E-state index >= 15 is 0 Å². The van der Waals surface area contributed by atoms with Crippen molar-refractivity contribution in [2.75, 3.05) is 0 Å². The molecule has 0 radical (unpaired) electrons. The summed E-state index contributed by atoms with van der Waals surface area (Å²) >= 11 is 1.40. The minimum atomic E-state index is -0.842. The van der Waals surface area contributed by atoms with Gasteiger partial charge in [-0.25, -0.2) is 0 Å². The highest BCUT2D eigenvalue weighted by molar-refractivity contribution is 8.02. The Morgan fingerprint density at radius 2 is 2.14 bits per heavy atom. The molecule has 4 unspecified atom stereocenters. The van der Waals surface area contributed by atoms with Crippen LogP contribution in [0.1, 0.15) is 20.8 Å². The first-order valence-electron chi connectivity index (χ1n) is 4.63. The zero-order chi connectivity index (χ0) is 10.7. The predicted molar refractivity (Wildman–Crippen MR) is 52.9 cm³/mol. The first-order chi connectivity index (χ1) is 6.39. The molecule has 0 aromatic carbocycles. The van der Waals surface area contributed by atoms with Gasteiger partial charge in [0.1, 0.15) is 4.75 Å². The van der Waals surface area contributed by atoms with Crippen molar-refractivity contribution >= 4 is 23.6 Å². The molecule has 78 valence electrons. The number of amides is 1. The summed E-state index contributed by atoms with van der Waals surface area (Å²) in [6, 6.07) is -0.210. The number of carbonyl (C=O) groups is 2. The van der Waals surface area contributed by atoms with Gasteiger partial charge in [0.05, 0.1) is 17.3 Å². The Labute approximate surface area is 86.6 Å². The number of thioether (sulfide) groups is 1. The van der Waals surface area contributed by atoms with Crippen LogP contribution in [0.5, 0.6) is 0 Å². The quantitative estimate of drug-likeness (QED) is 0.656. The summed E-state index contributed by atoms with van der Waals surface area (Å²) in [4.78, 5) is 24.3.